The van der Waals surface area contributed by atoms with Crippen molar-refractivity contribution in [2.45, 2.75) is 19.9 Å². The van der Waals surface area contributed by atoms with Gasteiger partial charge in [0.2, 0.25) is 0 Å². The number of anilines is 1. The van der Waals surface area contributed by atoms with Crippen LogP contribution in [0, 0.1) is 18.3 Å². The first-order valence-corrected chi connectivity index (χ1v) is 4.99. The molecular weight excluding hydrogens is 204 g/mol. The molecule has 1 N–H and O–H groups in total. The molecule has 0 aromatic heterocycles. The number of benzene rings is 1. The fourth-order valence-electron chi connectivity index (χ4n) is 1.40. The minimum absolute atomic E-state index is 0.169. The molecule has 0 aliphatic heterocycles. The smallest absolute Gasteiger partial charge is 0.323 e. The van der Waals surface area contributed by atoms with Gasteiger partial charge in [-0.05, 0) is 26.0 Å². The first kappa shape index (κ1) is 12.1. The van der Waals surface area contributed by atoms with Crippen LogP contribution in [0.5, 0.6) is 0 Å². The minimum Gasteiger partial charge on any atom is -0.480 e. The average Bonchev–Trinajstić information content (AvgIpc) is 2.26. The number of nitrogens with zero attached hydrogens (tertiary/aromatic N) is 2. The van der Waals surface area contributed by atoms with Crippen molar-refractivity contribution in [1.82, 2.24) is 0 Å². The normalized spacial score (nSPS) is 11.6. The minimum atomic E-state index is -0.942. The van der Waals surface area contributed by atoms with Gasteiger partial charge in [0.05, 0.1) is 6.07 Å². The summed E-state index contributed by atoms with van der Waals surface area (Å²) in [5, 5.41) is 17.6. The molecule has 0 aliphatic carbocycles. The van der Waals surface area contributed by atoms with Crippen LogP contribution in [0.3, 0.4) is 0 Å². The number of hydrogen-bond acceptors (Lipinski definition) is 3. The molecule has 1 aromatic carbocycles. The Morgan fingerprint density at radius 3 is 2.50 bits per heavy atom. The van der Waals surface area contributed by atoms with Crippen molar-refractivity contribution < 1.29 is 9.90 Å². The molecule has 1 atom stereocenters. The predicted molar refractivity (Wildman–Crippen MR) is 61.2 cm³/mol. The van der Waals surface area contributed by atoms with E-state index in [2.05, 4.69) is 0 Å². The van der Waals surface area contributed by atoms with Crippen LogP contribution in [-0.2, 0) is 4.79 Å². The second kappa shape index (κ2) is 5.17. The van der Waals surface area contributed by atoms with E-state index >= 15 is 0 Å². The van der Waals surface area contributed by atoms with Crippen molar-refractivity contribution in [3.05, 3.63) is 29.8 Å². The molecule has 1 unspecified atom stereocenters. The van der Waals surface area contributed by atoms with Crippen LogP contribution in [0.25, 0.3) is 0 Å². The number of carbonyl (C=O) groups is 1. The quantitative estimate of drug-likeness (QED) is 0.836. The topological polar surface area (TPSA) is 64.3 Å². The molecule has 0 saturated heterocycles. The number of carboxylic acid groups (broad SMARTS) is 1. The Balaban J connectivity index is 2.97. The predicted octanol–water partition coefficient (Wildman–Crippen LogP) is 1.80. The number of rotatable bonds is 4. The Bertz CT molecular complexity index is 406. The highest BCUT2D eigenvalue weighted by atomic mass is 16.4. The Morgan fingerprint density at radius 1 is 1.50 bits per heavy atom. The van der Waals surface area contributed by atoms with Crippen molar-refractivity contribution in [2.75, 3.05) is 11.4 Å². The van der Waals surface area contributed by atoms with Crippen molar-refractivity contribution in [1.29, 1.82) is 5.26 Å². The van der Waals surface area contributed by atoms with Crippen LogP contribution in [0.2, 0.25) is 0 Å². The molecule has 0 amide bonds. The van der Waals surface area contributed by atoms with Crippen LogP contribution in [0.15, 0.2) is 24.3 Å². The van der Waals surface area contributed by atoms with Crippen molar-refractivity contribution in [2.24, 2.45) is 0 Å². The Labute approximate surface area is 94.7 Å². The average molecular weight is 218 g/mol. The Hall–Kier alpha value is -2.02. The summed E-state index contributed by atoms with van der Waals surface area (Å²) < 4.78 is 0. The third-order valence-electron chi connectivity index (χ3n) is 2.33. The van der Waals surface area contributed by atoms with Crippen LogP contribution in [0.4, 0.5) is 5.69 Å². The maximum absolute atomic E-state index is 10.7. The highest BCUT2D eigenvalue weighted by molar-refractivity contribution is 5.74. The van der Waals surface area contributed by atoms with E-state index in [1.165, 1.54) is 0 Å². The number of carboxylic acids is 1. The van der Waals surface area contributed by atoms with Gasteiger partial charge in [0, 0.05) is 5.69 Å². The molecule has 84 valence electrons. The molecule has 0 aliphatic rings. The van der Waals surface area contributed by atoms with Gasteiger partial charge >= 0.3 is 5.97 Å². The van der Waals surface area contributed by atoms with Gasteiger partial charge < -0.3 is 10.0 Å². The Morgan fingerprint density at radius 2 is 2.06 bits per heavy atom. The van der Waals surface area contributed by atoms with Gasteiger partial charge in [0.25, 0.3) is 0 Å². The molecule has 0 saturated carbocycles. The lowest BCUT2D eigenvalue weighted by Crippen LogP contribution is -2.36. The van der Waals surface area contributed by atoms with Crippen LogP contribution in [0.1, 0.15) is 12.5 Å². The monoisotopic (exact) mass is 218 g/mol. The van der Waals surface area contributed by atoms with Gasteiger partial charge in [-0.1, -0.05) is 17.7 Å². The van der Waals surface area contributed by atoms with E-state index in [4.69, 9.17) is 10.4 Å². The largest absolute Gasteiger partial charge is 0.480 e. The standard InChI is InChI=1S/C12H14N2O2/c1-9-3-5-11(6-4-9)14(8-12(15)16)10(2)7-13/h3-6,10H,8H2,1-2H3,(H,15,16). The molecule has 0 bridgehead atoms. The third kappa shape index (κ3) is 2.99. The highest BCUT2D eigenvalue weighted by Gasteiger charge is 2.16. The van der Waals surface area contributed by atoms with Crippen molar-refractivity contribution in [3.8, 4) is 6.07 Å². The molecule has 0 spiro atoms. The molecule has 1 aromatic rings. The summed E-state index contributed by atoms with van der Waals surface area (Å²) in [7, 11) is 0. The first-order valence-electron chi connectivity index (χ1n) is 4.99. The van der Waals surface area contributed by atoms with E-state index < -0.39 is 12.0 Å². The summed E-state index contributed by atoms with van der Waals surface area (Å²) in [6.45, 7) is 3.47. The van der Waals surface area contributed by atoms with Gasteiger partial charge in [-0.3, -0.25) is 4.79 Å². The SMILES string of the molecule is Cc1ccc(N(CC(=O)O)C(C)C#N)cc1. The van der Waals surface area contributed by atoms with Crippen LogP contribution < -0.4 is 4.90 Å². The first-order chi connectivity index (χ1) is 7.54. The number of hydrogen-bond donors (Lipinski definition) is 1. The van der Waals surface area contributed by atoms with Crippen molar-refractivity contribution in [3.63, 3.8) is 0 Å². The third-order valence-corrected chi connectivity index (χ3v) is 2.33. The maximum Gasteiger partial charge on any atom is 0.323 e. The van der Waals surface area contributed by atoms with Gasteiger partial charge in [-0.25, -0.2) is 0 Å². The fourth-order valence-corrected chi connectivity index (χ4v) is 1.40. The van der Waals surface area contributed by atoms with E-state index in [1.807, 2.05) is 37.3 Å². The zero-order chi connectivity index (χ0) is 12.1. The molecule has 0 heterocycles. The molecule has 4 heteroatoms. The zero-order valence-electron chi connectivity index (χ0n) is 9.34. The number of nitriles is 1. The van der Waals surface area contributed by atoms with E-state index in [9.17, 15) is 4.79 Å². The lowest BCUT2D eigenvalue weighted by atomic mass is 10.2. The second-order valence-corrected chi connectivity index (χ2v) is 3.66. The summed E-state index contributed by atoms with van der Waals surface area (Å²) in [5.74, 6) is -0.942. The molecular formula is C12H14N2O2. The van der Waals surface area contributed by atoms with Gasteiger partial charge in [0.15, 0.2) is 0 Å². The molecule has 0 fully saturated rings. The van der Waals surface area contributed by atoms with Crippen LogP contribution in [-0.4, -0.2) is 23.7 Å². The van der Waals surface area contributed by atoms with Gasteiger partial charge in [0.1, 0.15) is 12.6 Å². The second-order valence-electron chi connectivity index (χ2n) is 3.66. The summed E-state index contributed by atoms with van der Waals surface area (Å²) in [5.41, 5.74) is 1.85. The summed E-state index contributed by atoms with van der Waals surface area (Å²) in [6.07, 6.45) is 0. The number of aliphatic carboxylic acids is 1. The zero-order valence-corrected chi connectivity index (χ0v) is 9.34. The van der Waals surface area contributed by atoms with Gasteiger partial charge in [-0.2, -0.15) is 5.26 Å². The van der Waals surface area contributed by atoms with Crippen molar-refractivity contribution >= 4 is 11.7 Å². The number of aryl methyl sites for hydroxylation is 1. The highest BCUT2D eigenvalue weighted by Crippen LogP contribution is 2.17. The van der Waals surface area contributed by atoms with Gasteiger partial charge in [-0.15, -0.1) is 0 Å². The Kier molecular flexibility index (Phi) is 3.90. The summed E-state index contributed by atoms with van der Waals surface area (Å²) in [6, 6.07) is 9.03. The summed E-state index contributed by atoms with van der Waals surface area (Å²) >= 11 is 0. The summed E-state index contributed by atoms with van der Waals surface area (Å²) in [4.78, 5) is 12.3. The van der Waals surface area contributed by atoms with Crippen LogP contribution >= 0.6 is 0 Å². The maximum atomic E-state index is 10.7. The fraction of sp³-hybridized carbons (Fsp3) is 0.333. The lowest BCUT2D eigenvalue weighted by Gasteiger charge is -2.25. The molecule has 16 heavy (non-hydrogen) atoms. The van der Waals surface area contributed by atoms with E-state index in [1.54, 1.807) is 11.8 Å². The molecule has 4 nitrogen and oxygen atoms in total. The molecule has 1 rings (SSSR count). The molecule has 0 radical (unpaired) electrons. The van der Waals surface area contributed by atoms with E-state index in [0.29, 0.717) is 0 Å². The van der Waals surface area contributed by atoms with E-state index in [0.717, 1.165) is 11.3 Å². The van der Waals surface area contributed by atoms with E-state index in [-0.39, 0.29) is 6.54 Å². The lowest BCUT2D eigenvalue weighted by molar-refractivity contribution is -0.135.